The molecule has 4 nitrogen and oxygen atoms in total. The van der Waals surface area contributed by atoms with Crippen LogP contribution < -0.4 is 11.1 Å². The molecular weight excluding hydrogens is 258 g/mol. The maximum atomic E-state index is 11.1. The van der Waals surface area contributed by atoms with Gasteiger partial charge in [-0.1, -0.05) is 0 Å². The monoisotopic (exact) mass is 275 g/mol. The van der Waals surface area contributed by atoms with E-state index in [1.807, 2.05) is 19.9 Å². The van der Waals surface area contributed by atoms with Crippen LogP contribution in [0.4, 0.5) is 5.69 Å². The van der Waals surface area contributed by atoms with E-state index in [0.717, 1.165) is 22.0 Å². The molecule has 0 aliphatic rings. The molecule has 3 N–H and O–H groups in total. The van der Waals surface area contributed by atoms with Crippen molar-refractivity contribution < 1.29 is 4.79 Å². The zero-order valence-electron chi connectivity index (χ0n) is 11.2. The summed E-state index contributed by atoms with van der Waals surface area (Å²) in [5.74, 6) is -0.405. The van der Waals surface area contributed by atoms with Crippen LogP contribution in [0.25, 0.3) is 0 Å². The number of aryl methyl sites for hydroxylation is 2. The third-order valence-electron chi connectivity index (χ3n) is 2.96. The highest BCUT2D eigenvalue weighted by atomic mass is 32.1. The van der Waals surface area contributed by atoms with E-state index in [9.17, 15) is 4.79 Å². The van der Waals surface area contributed by atoms with E-state index in [4.69, 9.17) is 5.73 Å². The lowest BCUT2D eigenvalue weighted by atomic mass is 10.1. The molecule has 1 atom stereocenters. The second-order valence-corrected chi connectivity index (χ2v) is 5.61. The Morgan fingerprint density at radius 1 is 1.42 bits per heavy atom. The fourth-order valence-electron chi connectivity index (χ4n) is 1.87. The Balaban J connectivity index is 2.17. The third kappa shape index (κ3) is 3.12. The maximum Gasteiger partial charge on any atom is 0.248 e. The lowest BCUT2D eigenvalue weighted by Crippen LogP contribution is -2.12. The normalized spacial score (nSPS) is 12.2. The van der Waals surface area contributed by atoms with Gasteiger partial charge in [-0.3, -0.25) is 4.79 Å². The van der Waals surface area contributed by atoms with Crippen molar-refractivity contribution in [3.8, 4) is 0 Å². The van der Waals surface area contributed by atoms with E-state index in [0.29, 0.717) is 5.56 Å². The van der Waals surface area contributed by atoms with Crippen LogP contribution in [-0.4, -0.2) is 10.9 Å². The summed E-state index contributed by atoms with van der Waals surface area (Å²) in [4.78, 5) is 15.6. The standard InChI is InChI=1S/C14H17N3OS/c1-8-6-11(14(15)18)4-5-12(8)16-9(2)13-7-19-10(3)17-13/h4-7,9,16H,1-3H3,(H2,15,18). The van der Waals surface area contributed by atoms with Crippen molar-refractivity contribution in [1.29, 1.82) is 0 Å². The second-order valence-electron chi connectivity index (χ2n) is 4.55. The first-order valence-corrected chi connectivity index (χ1v) is 6.94. The minimum Gasteiger partial charge on any atom is -0.377 e. The number of benzene rings is 1. The summed E-state index contributed by atoms with van der Waals surface area (Å²) in [6, 6.07) is 5.54. The zero-order chi connectivity index (χ0) is 14.0. The van der Waals surface area contributed by atoms with Crippen molar-refractivity contribution in [2.45, 2.75) is 26.8 Å². The van der Waals surface area contributed by atoms with Gasteiger partial charge in [0.2, 0.25) is 5.91 Å². The van der Waals surface area contributed by atoms with E-state index in [-0.39, 0.29) is 6.04 Å². The molecule has 0 saturated carbocycles. The van der Waals surface area contributed by atoms with Crippen molar-refractivity contribution in [2.75, 3.05) is 5.32 Å². The highest BCUT2D eigenvalue weighted by Crippen LogP contribution is 2.23. The number of primary amides is 1. The van der Waals surface area contributed by atoms with Crippen molar-refractivity contribution in [3.63, 3.8) is 0 Å². The summed E-state index contributed by atoms with van der Waals surface area (Å²) >= 11 is 1.64. The van der Waals surface area contributed by atoms with Crippen molar-refractivity contribution in [1.82, 2.24) is 4.98 Å². The van der Waals surface area contributed by atoms with Gasteiger partial charge in [-0.25, -0.2) is 4.98 Å². The van der Waals surface area contributed by atoms with Crippen LogP contribution in [-0.2, 0) is 0 Å². The molecule has 0 saturated heterocycles. The van der Waals surface area contributed by atoms with Crippen LogP contribution in [0, 0.1) is 13.8 Å². The summed E-state index contributed by atoms with van der Waals surface area (Å²) in [5, 5.41) is 6.51. The Hall–Kier alpha value is -1.88. The van der Waals surface area contributed by atoms with Gasteiger partial charge < -0.3 is 11.1 Å². The molecule has 0 bridgehead atoms. The van der Waals surface area contributed by atoms with Gasteiger partial charge in [-0.15, -0.1) is 11.3 Å². The average Bonchev–Trinajstić information content (AvgIpc) is 2.78. The van der Waals surface area contributed by atoms with Crippen LogP contribution in [0.3, 0.4) is 0 Å². The fraction of sp³-hybridized carbons (Fsp3) is 0.286. The van der Waals surface area contributed by atoms with Gasteiger partial charge in [-0.05, 0) is 44.5 Å². The number of nitrogens with two attached hydrogens (primary N) is 1. The van der Waals surface area contributed by atoms with E-state index < -0.39 is 5.91 Å². The van der Waals surface area contributed by atoms with Crippen molar-refractivity contribution >= 4 is 22.9 Å². The highest BCUT2D eigenvalue weighted by molar-refractivity contribution is 7.09. The average molecular weight is 275 g/mol. The number of nitrogens with zero attached hydrogens (tertiary/aromatic N) is 1. The Bertz CT molecular complexity index is 606. The number of thiazole rings is 1. The molecule has 0 fully saturated rings. The van der Waals surface area contributed by atoms with Gasteiger partial charge >= 0.3 is 0 Å². The minimum atomic E-state index is -0.405. The summed E-state index contributed by atoms with van der Waals surface area (Å²) < 4.78 is 0. The lowest BCUT2D eigenvalue weighted by molar-refractivity contribution is 0.1000. The number of nitrogens with one attached hydrogen (secondary N) is 1. The van der Waals surface area contributed by atoms with Crippen LogP contribution in [0.15, 0.2) is 23.6 Å². The van der Waals surface area contributed by atoms with E-state index in [1.165, 1.54) is 0 Å². The lowest BCUT2D eigenvalue weighted by Gasteiger charge is -2.15. The molecule has 1 amide bonds. The number of hydrogen-bond acceptors (Lipinski definition) is 4. The summed E-state index contributed by atoms with van der Waals surface area (Å²) in [7, 11) is 0. The smallest absolute Gasteiger partial charge is 0.248 e. The Morgan fingerprint density at radius 3 is 2.68 bits per heavy atom. The molecule has 100 valence electrons. The molecule has 0 spiro atoms. The molecule has 1 heterocycles. The number of amides is 1. The zero-order valence-corrected chi connectivity index (χ0v) is 12.0. The van der Waals surface area contributed by atoms with Gasteiger partial charge in [0.15, 0.2) is 0 Å². The fourth-order valence-corrected chi connectivity index (χ4v) is 2.57. The number of anilines is 1. The van der Waals surface area contributed by atoms with Gasteiger partial charge in [0, 0.05) is 16.6 Å². The SMILES string of the molecule is Cc1nc(C(C)Nc2ccc(C(N)=O)cc2C)cs1. The summed E-state index contributed by atoms with van der Waals surface area (Å²) in [5.41, 5.74) is 8.80. The number of rotatable bonds is 4. The Labute approximate surface area is 116 Å². The molecule has 0 aliphatic heterocycles. The number of hydrogen-bond donors (Lipinski definition) is 2. The van der Waals surface area contributed by atoms with Crippen LogP contribution >= 0.6 is 11.3 Å². The second kappa shape index (κ2) is 5.40. The Kier molecular flexibility index (Phi) is 3.85. The minimum absolute atomic E-state index is 0.128. The van der Waals surface area contributed by atoms with E-state index in [1.54, 1.807) is 23.5 Å². The van der Waals surface area contributed by atoms with Crippen LogP contribution in [0.2, 0.25) is 0 Å². The molecule has 0 aliphatic carbocycles. The molecule has 19 heavy (non-hydrogen) atoms. The molecular formula is C14H17N3OS. The highest BCUT2D eigenvalue weighted by Gasteiger charge is 2.11. The topological polar surface area (TPSA) is 68.0 Å². The van der Waals surface area contributed by atoms with Crippen LogP contribution in [0.1, 0.15) is 39.6 Å². The predicted octanol–water partition coefficient (Wildman–Crippen LogP) is 3.03. The quantitative estimate of drug-likeness (QED) is 0.901. The first-order valence-electron chi connectivity index (χ1n) is 6.06. The molecule has 0 radical (unpaired) electrons. The van der Waals surface area contributed by atoms with Gasteiger partial charge in [0.25, 0.3) is 0 Å². The number of carbonyl (C=O) groups excluding carboxylic acids is 1. The summed E-state index contributed by atoms with van der Waals surface area (Å²) in [6.45, 7) is 6.01. The van der Waals surface area contributed by atoms with Crippen molar-refractivity contribution in [2.24, 2.45) is 5.73 Å². The predicted molar refractivity (Wildman–Crippen MR) is 78.6 cm³/mol. The van der Waals surface area contributed by atoms with Gasteiger partial charge in [0.05, 0.1) is 16.7 Å². The van der Waals surface area contributed by atoms with Gasteiger partial charge in [-0.2, -0.15) is 0 Å². The maximum absolute atomic E-state index is 11.1. The van der Waals surface area contributed by atoms with E-state index in [2.05, 4.69) is 22.6 Å². The molecule has 1 aromatic heterocycles. The molecule has 5 heteroatoms. The first kappa shape index (κ1) is 13.5. The molecule has 2 rings (SSSR count). The van der Waals surface area contributed by atoms with E-state index >= 15 is 0 Å². The van der Waals surface area contributed by atoms with Crippen molar-refractivity contribution in [3.05, 3.63) is 45.4 Å². The van der Waals surface area contributed by atoms with Crippen LogP contribution in [0.5, 0.6) is 0 Å². The summed E-state index contributed by atoms with van der Waals surface area (Å²) in [6.07, 6.45) is 0. The number of aromatic nitrogens is 1. The molecule has 1 aromatic carbocycles. The largest absolute Gasteiger partial charge is 0.377 e. The van der Waals surface area contributed by atoms with Gasteiger partial charge in [0.1, 0.15) is 0 Å². The first-order chi connectivity index (χ1) is 8.97. The number of carbonyl (C=O) groups is 1. The Morgan fingerprint density at radius 2 is 2.16 bits per heavy atom. The molecule has 2 aromatic rings. The molecule has 1 unspecified atom stereocenters. The third-order valence-corrected chi connectivity index (χ3v) is 3.76.